The van der Waals surface area contributed by atoms with Crippen molar-refractivity contribution in [2.75, 3.05) is 0 Å². The first-order valence-corrected chi connectivity index (χ1v) is 8.03. The number of ether oxygens (including phenoxy) is 1. The molecule has 0 aliphatic rings. The molecule has 0 aromatic heterocycles. The Morgan fingerprint density at radius 1 is 0.893 bits per heavy atom. The third-order valence-electron chi connectivity index (χ3n) is 3.19. The van der Waals surface area contributed by atoms with Crippen molar-refractivity contribution in [3.8, 4) is 0 Å². The van der Waals surface area contributed by atoms with Gasteiger partial charge in [0.1, 0.15) is 0 Å². The number of hydrogen-bond acceptors (Lipinski definition) is 5. The van der Waals surface area contributed by atoms with Crippen molar-refractivity contribution in [3.05, 3.63) is 79.2 Å². The molecule has 0 N–H and O–H groups in total. The molecule has 6 heteroatoms. The molecule has 0 aliphatic heterocycles. The number of aryl methyl sites for hydroxylation is 2. The van der Waals surface area contributed by atoms with Gasteiger partial charge in [-0.1, -0.05) is 42.5 Å². The quantitative estimate of drug-likeness (QED) is 0.116. The van der Waals surface area contributed by atoms with Crippen LogP contribution in [0.5, 0.6) is 0 Å². The average molecular weight is 472 g/mol. The summed E-state index contributed by atoms with van der Waals surface area (Å²) in [5, 5.41) is 0. The minimum Gasteiger partial charge on any atom is -0.392 e. The normalized spacial score (nSPS) is 9.96. The zero-order chi connectivity index (χ0) is 19.2. The number of carbonyl (C=O) groups excluding carboxylic acids is 2. The van der Waals surface area contributed by atoms with Gasteiger partial charge in [-0.25, -0.2) is 4.79 Å². The average Bonchev–Trinajstić information content (AvgIpc) is 2.62. The molecule has 28 heavy (non-hydrogen) atoms. The number of aliphatic imine (C=N–C) groups is 2. The fraction of sp³-hybridized carbons (Fsp3) is 0.136. The Bertz CT molecular complexity index is 761. The third-order valence-corrected chi connectivity index (χ3v) is 3.19. The van der Waals surface area contributed by atoms with Crippen LogP contribution in [-0.4, -0.2) is 24.9 Å². The standard InChI is InChI=1S/C16H16N2.C5H6O3.CH3.Pd/c1-13-7-3-5-9-15(13)17-11-12-18-16-10-6-4-8-14(16)2;1-2-3-5(7)8-4-6;;/h3-12H,1-2H3;2-4H,1H3;1H3;/q;;-1;/b;3-2-;;. The first-order valence-electron chi connectivity index (χ1n) is 8.03. The number of hydrogen-bond donors (Lipinski definition) is 0. The van der Waals surface area contributed by atoms with Gasteiger partial charge in [-0.2, -0.15) is 0 Å². The van der Waals surface area contributed by atoms with Gasteiger partial charge in [0, 0.05) is 38.9 Å². The summed E-state index contributed by atoms with van der Waals surface area (Å²) in [5.74, 6) is -0.637. The summed E-state index contributed by atoms with van der Waals surface area (Å²) in [5.41, 5.74) is 4.29. The van der Waals surface area contributed by atoms with Crippen LogP contribution in [0, 0.1) is 21.3 Å². The van der Waals surface area contributed by atoms with E-state index in [-0.39, 0.29) is 34.3 Å². The predicted octanol–water partition coefficient (Wildman–Crippen LogP) is 5.12. The van der Waals surface area contributed by atoms with Crippen LogP contribution in [0.3, 0.4) is 0 Å². The SMILES string of the molecule is C/C=C\C(=O)OC=O.Cc1ccccc1N=CC=Nc1ccccc1C.[CH3-].[Pd]. The number of nitrogens with zero attached hydrogens (tertiary/aromatic N) is 2. The van der Waals surface area contributed by atoms with Crippen LogP contribution in [0.1, 0.15) is 18.1 Å². The second-order valence-electron chi connectivity index (χ2n) is 5.16. The molecule has 0 atom stereocenters. The molecule has 2 aromatic rings. The van der Waals surface area contributed by atoms with Crippen molar-refractivity contribution in [3.63, 3.8) is 0 Å². The number of benzene rings is 2. The molecule has 5 nitrogen and oxygen atoms in total. The van der Waals surface area contributed by atoms with Gasteiger partial charge in [0.25, 0.3) is 0 Å². The van der Waals surface area contributed by atoms with E-state index >= 15 is 0 Å². The van der Waals surface area contributed by atoms with Crippen molar-refractivity contribution in [1.82, 2.24) is 0 Å². The Morgan fingerprint density at radius 3 is 1.68 bits per heavy atom. The maximum Gasteiger partial charge on any atom is 0.337 e. The summed E-state index contributed by atoms with van der Waals surface area (Å²) in [6.45, 7) is 5.85. The molecule has 0 radical (unpaired) electrons. The maximum absolute atomic E-state index is 10.1. The summed E-state index contributed by atoms with van der Waals surface area (Å²) in [7, 11) is 0. The third kappa shape index (κ3) is 11.1. The van der Waals surface area contributed by atoms with E-state index in [0.29, 0.717) is 0 Å². The number of rotatable bonds is 5. The van der Waals surface area contributed by atoms with E-state index in [1.165, 1.54) is 6.08 Å². The van der Waals surface area contributed by atoms with Crippen molar-refractivity contribution in [2.45, 2.75) is 20.8 Å². The van der Waals surface area contributed by atoms with Gasteiger partial charge in [0.05, 0.1) is 11.4 Å². The summed E-state index contributed by atoms with van der Waals surface area (Å²) >= 11 is 0. The molecule has 0 saturated heterocycles. The molecule has 0 unspecified atom stereocenters. The van der Waals surface area contributed by atoms with Crippen LogP contribution in [0.2, 0.25) is 0 Å². The number of carbonyl (C=O) groups is 2. The molecule has 152 valence electrons. The second kappa shape index (κ2) is 16.5. The van der Waals surface area contributed by atoms with Crippen molar-refractivity contribution in [2.24, 2.45) is 9.98 Å². The molecular formula is C22H25N2O3Pd-. The monoisotopic (exact) mass is 471 g/mol. The summed E-state index contributed by atoms with van der Waals surface area (Å²) in [4.78, 5) is 28.3. The van der Waals surface area contributed by atoms with Crippen molar-refractivity contribution in [1.29, 1.82) is 0 Å². The van der Waals surface area contributed by atoms with Gasteiger partial charge in [0.15, 0.2) is 0 Å². The number of para-hydroxylation sites is 2. The molecular weight excluding hydrogens is 447 g/mol. The predicted molar refractivity (Wildman–Crippen MR) is 112 cm³/mol. The van der Waals surface area contributed by atoms with Crippen LogP contribution in [-0.2, 0) is 34.7 Å². The van der Waals surface area contributed by atoms with E-state index in [9.17, 15) is 9.59 Å². The molecule has 0 spiro atoms. The Hall–Kier alpha value is -2.68. The minimum atomic E-state index is -0.637. The molecule has 2 aromatic carbocycles. The van der Waals surface area contributed by atoms with E-state index < -0.39 is 5.97 Å². The largest absolute Gasteiger partial charge is 0.392 e. The van der Waals surface area contributed by atoms with Gasteiger partial charge < -0.3 is 12.2 Å². The van der Waals surface area contributed by atoms with Gasteiger partial charge in [-0.15, -0.1) is 0 Å². The van der Waals surface area contributed by atoms with E-state index in [1.54, 1.807) is 19.4 Å². The topological polar surface area (TPSA) is 68.1 Å². The zero-order valence-electron chi connectivity index (χ0n) is 16.4. The van der Waals surface area contributed by atoms with Gasteiger partial charge >= 0.3 is 12.4 Å². The van der Waals surface area contributed by atoms with E-state index in [2.05, 4.69) is 14.7 Å². The molecule has 0 fully saturated rings. The summed E-state index contributed by atoms with van der Waals surface area (Å²) < 4.78 is 3.88. The maximum atomic E-state index is 10.1. The fourth-order valence-electron chi connectivity index (χ4n) is 1.87. The minimum absolute atomic E-state index is 0. The van der Waals surface area contributed by atoms with Crippen LogP contribution < -0.4 is 0 Å². The summed E-state index contributed by atoms with van der Waals surface area (Å²) in [6.07, 6.45) is 6.11. The smallest absolute Gasteiger partial charge is 0.337 e. The zero-order valence-corrected chi connectivity index (χ0v) is 18.0. The Kier molecular flexibility index (Phi) is 16.2. The second-order valence-corrected chi connectivity index (χ2v) is 5.16. The molecule has 0 bridgehead atoms. The molecule has 0 heterocycles. The fourth-order valence-corrected chi connectivity index (χ4v) is 1.87. The molecule has 0 amide bonds. The Morgan fingerprint density at radius 2 is 1.32 bits per heavy atom. The van der Waals surface area contributed by atoms with Gasteiger partial charge in [-0.3, -0.25) is 14.8 Å². The van der Waals surface area contributed by atoms with E-state index in [4.69, 9.17) is 0 Å². The summed E-state index contributed by atoms with van der Waals surface area (Å²) in [6, 6.07) is 16.1. The van der Waals surface area contributed by atoms with Gasteiger partial charge in [0.2, 0.25) is 0 Å². The first-order chi connectivity index (χ1) is 12.6. The van der Waals surface area contributed by atoms with Crippen molar-refractivity contribution >= 4 is 36.2 Å². The first kappa shape index (κ1) is 27.5. The van der Waals surface area contributed by atoms with Crippen LogP contribution in [0.15, 0.2) is 70.7 Å². The van der Waals surface area contributed by atoms with E-state index in [0.717, 1.165) is 28.6 Å². The van der Waals surface area contributed by atoms with E-state index in [1.807, 2.05) is 62.4 Å². The Labute approximate surface area is 180 Å². The molecule has 2 rings (SSSR count). The Balaban J connectivity index is 0. The molecule has 0 aliphatic carbocycles. The van der Waals surface area contributed by atoms with Crippen LogP contribution in [0.25, 0.3) is 0 Å². The number of allylic oxidation sites excluding steroid dienone is 1. The van der Waals surface area contributed by atoms with Crippen molar-refractivity contribution < 1.29 is 34.7 Å². The van der Waals surface area contributed by atoms with Crippen LogP contribution in [0.4, 0.5) is 11.4 Å². The van der Waals surface area contributed by atoms with Gasteiger partial charge in [-0.05, 0) is 44.0 Å². The van der Waals surface area contributed by atoms with Crippen LogP contribution >= 0.6 is 0 Å². The number of esters is 1. The molecule has 0 saturated carbocycles.